The number of halogens is 1. The number of alkyl halides is 1. The molecule has 0 saturated heterocycles. The first-order chi connectivity index (χ1) is 10.5. The number of nitrogens with one attached hydrogen (secondary N) is 1. The van der Waals surface area contributed by atoms with Gasteiger partial charge in [-0.2, -0.15) is 0 Å². The second kappa shape index (κ2) is 7.49. The largest absolute Gasteiger partial charge is 0.393 e. The SMILES string of the molecule is CC(=O)OC(=O)[C@@H]1CC[C@@H](N[C@H](C)c2ccccc2)[C@@H](F)C1. The predicted octanol–water partition coefficient (Wildman–Crippen LogP) is 2.93. The lowest BCUT2D eigenvalue weighted by Crippen LogP contribution is -2.44. The standard InChI is InChI=1S/C17H22FNO3/c1-11(13-6-4-3-5-7-13)19-16-9-8-14(10-15(16)18)17(21)22-12(2)20/h3-7,11,14-16,19H,8-10H2,1-2H3/t11-,14-,15+,16-/m1/s1. The maximum atomic E-state index is 14.3. The Morgan fingerprint density at radius 2 is 1.95 bits per heavy atom. The number of esters is 2. The molecule has 5 heteroatoms. The van der Waals surface area contributed by atoms with Crippen LogP contribution in [0.3, 0.4) is 0 Å². The van der Waals surface area contributed by atoms with E-state index in [0.717, 1.165) is 5.56 Å². The summed E-state index contributed by atoms with van der Waals surface area (Å²) >= 11 is 0. The third kappa shape index (κ3) is 4.37. The Labute approximate surface area is 130 Å². The van der Waals surface area contributed by atoms with Crippen molar-refractivity contribution in [3.8, 4) is 0 Å². The van der Waals surface area contributed by atoms with Gasteiger partial charge in [-0.25, -0.2) is 4.39 Å². The summed E-state index contributed by atoms with van der Waals surface area (Å²) in [5, 5.41) is 3.29. The second-order valence-corrected chi connectivity index (χ2v) is 5.84. The van der Waals surface area contributed by atoms with Gasteiger partial charge in [-0.3, -0.25) is 9.59 Å². The summed E-state index contributed by atoms with van der Waals surface area (Å²) in [6.45, 7) is 3.18. The van der Waals surface area contributed by atoms with Gasteiger partial charge in [0, 0.05) is 19.0 Å². The molecule has 1 aliphatic carbocycles. The lowest BCUT2D eigenvalue weighted by Gasteiger charge is -2.33. The molecule has 1 aromatic rings. The zero-order valence-electron chi connectivity index (χ0n) is 12.9. The quantitative estimate of drug-likeness (QED) is 0.686. The fraction of sp³-hybridized carbons (Fsp3) is 0.529. The Morgan fingerprint density at radius 1 is 1.27 bits per heavy atom. The molecule has 0 unspecified atom stereocenters. The van der Waals surface area contributed by atoms with Crippen LogP contribution in [-0.2, 0) is 14.3 Å². The van der Waals surface area contributed by atoms with E-state index >= 15 is 0 Å². The van der Waals surface area contributed by atoms with Gasteiger partial charge in [0.2, 0.25) is 0 Å². The van der Waals surface area contributed by atoms with E-state index in [9.17, 15) is 14.0 Å². The van der Waals surface area contributed by atoms with Crippen molar-refractivity contribution in [1.82, 2.24) is 5.32 Å². The molecule has 0 spiro atoms. The van der Waals surface area contributed by atoms with Crippen LogP contribution >= 0.6 is 0 Å². The third-order valence-electron chi connectivity index (χ3n) is 4.11. The highest BCUT2D eigenvalue weighted by molar-refractivity contribution is 5.85. The van der Waals surface area contributed by atoms with Crippen LogP contribution in [0.25, 0.3) is 0 Å². The zero-order chi connectivity index (χ0) is 16.1. The van der Waals surface area contributed by atoms with Crippen molar-refractivity contribution in [2.75, 3.05) is 0 Å². The molecule has 0 aliphatic heterocycles. The average molecular weight is 307 g/mol. The molecule has 4 nitrogen and oxygen atoms in total. The van der Waals surface area contributed by atoms with E-state index in [1.165, 1.54) is 6.92 Å². The Kier molecular flexibility index (Phi) is 5.66. The molecule has 0 heterocycles. The van der Waals surface area contributed by atoms with Gasteiger partial charge in [0.25, 0.3) is 0 Å². The Hall–Kier alpha value is -1.75. The smallest absolute Gasteiger partial charge is 0.316 e. The third-order valence-corrected chi connectivity index (χ3v) is 4.11. The molecule has 0 radical (unpaired) electrons. The molecule has 4 atom stereocenters. The zero-order valence-corrected chi connectivity index (χ0v) is 12.9. The minimum absolute atomic E-state index is 0.0465. The molecule has 1 saturated carbocycles. The van der Waals surface area contributed by atoms with Crippen LogP contribution in [-0.4, -0.2) is 24.2 Å². The highest BCUT2D eigenvalue weighted by Crippen LogP contribution is 2.29. The van der Waals surface area contributed by atoms with Gasteiger partial charge in [-0.1, -0.05) is 30.3 Å². The highest BCUT2D eigenvalue weighted by Gasteiger charge is 2.35. The average Bonchev–Trinajstić information content (AvgIpc) is 2.49. The molecular formula is C17H22FNO3. The van der Waals surface area contributed by atoms with E-state index in [1.807, 2.05) is 37.3 Å². The van der Waals surface area contributed by atoms with E-state index in [2.05, 4.69) is 10.1 Å². The molecule has 0 bridgehead atoms. The van der Waals surface area contributed by atoms with E-state index in [-0.39, 0.29) is 18.5 Å². The van der Waals surface area contributed by atoms with Gasteiger partial charge in [0.15, 0.2) is 0 Å². The van der Waals surface area contributed by atoms with Gasteiger partial charge in [-0.05, 0) is 31.7 Å². The van der Waals surface area contributed by atoms with Gasteiger partial charge >= 0.3 is 11.9 Å². The fourth-order valence-electron chi connectivity index (χ4n) is 2.90. The second-order valence-electron chi connectivity index (χ2n) is 5.84. The minimum Gasteiger partial charge on any atom is -0.393 e. The number of hydrogen-bond donors (Lipinski definition) is 1. The number of carbonyl (C=O) groups is 2. The van der Waals surface area contributed by atoms with Crippen molar-refractivity contribution in [1.29, 1.82) is 0 Å². The molecule has 120 valence electrons. The van der Waals surface area contributed by atoms with Crippen LogP contribution in [0.4, 0.5) is 4.39 Å². The van der Waals surface area contributed by atoms with Crippen molar-refractivity contribution < 1.29 is 18.7 Å². The van der Waals surface area contributed by atoms with Crippen LogP contribution in [0.1, 0.15) is 44.7 Å². The van der Waals surface area contributed by atoms with E-state index < -0.39 is 24.0 Å². The van der Waals surface area contributed by atoms with Crippen molar-refractivity contribution >= 4 is 11.9 Å². The minimum atomic E-state index is -1.12. The summed E-state index contributed by atoms with van der Waals surface area (Å²) in [6.07, 6.45) is 0.0666. The van der Waals surface area contributed by atoms with Gasteiger partial charge in [0.1, 0.15) is 6.17 Å². The van der Waals surface area contributed by atoms with Gasteiger partial charge in [-0.15, -0.1) is 0 Å². The number of ether oxygens (including phenoxy) is 1. The molecular weight excluding hydrogens is 285 g/mol. The number of hydrogen-bond acceptors (Lipinski definition) is 4. The van der Waals surface area contributed by atoms with E-state index in [0.29, 0.717) is 12.8 Å². The topological polar surface area (TPSA) is 55.4 Å². The number of benzene rings is 1. The van der Waals surface area contributed by atoms with Crippen LogP contribution in [0.2, 0.25) is 0 Å². The lowest BCUT2D eigenvalue weighted by molar-refractivity contribution is -0.162. The molecule has 1 N–H and O–H groups in total. The fourth-order valence-corrected chi connectivity index (χ4v) is 2.90. The van der Waals surface area contributed by atoms with Crippen molar-refractivity contribution in [3.05, 3.63) is 35.9 Å². The predicted molar refractivity (Wildman–Crippen MR) is 80.8 cm³/mol. The summed E-state index contributed by atoms with van der Waals surface area (Å²) < 4.78 is 18.9. The Balaban J connectivity index is 1.88. The van der Waals surface area contributed by atoms with Crippen molar-refractivity contribution in [3.63, 3.8) is 0 Å². The Bertz CT molecular complexity index is 520. The maximum Gasteiger partial charge on any atom is 0.316 e. The van der Waals surface area contributed by atoms with E-state index in [4.69, 9.17) is 0 Å². The lowest BCUT2D eigenvalue weighted by atomic mass is 9.84. The number of carbonyl (C=O) groups excluding carboxylic acids is 2. The summed E-state index contributed by atoms with van der Waals surface area (Å²) in [6, 6.07) is 9.62. The van der Waals surface area contributed by atoms with Gasteiger partial charge < -0.3 is 10.1 Å². The summed E-state index contributed by atoms with van der Waals surface area (Å²) in [5.74, 6) is -1.77. The molecule has 1 aliphatic rings. The first-order valence-corrected chi connectivity index (χ1v) is 7.64. The molecule has 2 rings (SSSR count). The molecule has 22 heavy (non-hydrogen) atoms. The van der Waals surface area contributed by atoms with Crippen LogP contribution in [0.15, 0.2) is 30.3 Å². The van der Waals surface area contributed by atoms with E-state index in [1.54, 1.807) is 0 Å². The number of rotatable bonds is 4. The molecule has 1 aromatic carbocycles. The summed E-state index contributed by atoms with van der Waals surface area (Å²) in [4.78, 5) is 22.5. The Morgan fingerprint density at radius 3 is 2.55 bits per heavy atom. The van der Waals surface area contributed by atoms with Crippen molar-refractivity contribution in [2.24, 2.45) is 5.92 Å². The monoisotopic (exact) mass is 307 g/mol. The van der Waals surface area contributed by atoms with Crippen LogP contribution < -0.4 is 5.32 Å². The summed E-state index contributed by atoms with van der Waals surface area (Å²) in [7, 11) is 0. The first kappa shape index (κ1) is 16.6. The van der Waals surface area contributed by atoms with Crippen LogP contribution in [0.5, 0.6) is 0 Å². The van der Waals surface area contributed by atoms with Crippen LogP contribution in [0, 0.1) is 5.92 Å². The first-order valence-electron chi connectivity index (χ1n) is 7.64. The van der Waals surface area contributed by atoms with Gasteiger partial charge in [0.05, 0.1) is 5.92 Å². The normalized spacial score (nSPS) is 26.2. The maximum absolute atomic E-state index is 14.3. The van der Waals surface area contributed by atoms with Crippen molar-refractivity contribution in [2.45, 2.75) is 51.4 Å². The molecule has 1 fully saturated rings. The summed E-state index contributed by atoms with van der Waals surface area (Å²) in [5.41, 5.74) is 1.10. The molecule has 0 amide bonds. The molecule has 0 aromatic heterocycles. The highest BCUT2D eigenvalue weighted by atomic mass is 19.1.